The molecule has 0 amide bonds. The van der Waals surface area contributed by atoms with E-state index in [-0.39, 0.29) is 14.1 Å². The standard InChI is InChI=1S/C9H20N.2C3H7.Al/c1-5-7-9(8-6-2)10(3)4;2*1-3-2;/h9H,1,5-8H2,2-4H3;2*1,3H2,2H3;. The second-order valence-electron chi connectivity index (χ2n) is 5.78. The first-order valence-corrected chi connectivity index (χ1v) is 10.3. The minimum absolute atomic E-state index is 0.363. The van der Waals surface area contributed by atoms with E-state index in [4.69, 9.17) is 0 Å². The minimum Gasteiger partial charge on any atom is -0.306 e. The maximum absolute atomic E-state index is 2.43. The van der Waals surface area contributed by atoms with Gasteiger partial charge in [-0.3, -0.25) is 0 Å². The summed E-state index contributed by atoms with van der Waals surface area (Å²) in [7, 11) is 4.49. The summed E-state index contributed by atoms with van der Waals surface area (Å²) in [5.74, 6) is 0. The number of hydrogen-bond acceptors (Lipinski definition) is 1. The third-order valence-corrected chi connectivity index (χ3v) is 7.91. The Morgan fingerprint density at radius 1 is 0.824 bits per heavy atom. The van der Waals surface area contributed by atoms with Gasteiger partial charge < -0.3 is 4.90 Å². The zero-order chi connectivity index (χ0) is 13.1. The summed E-state index contributed by atoms with van der Waals surface area (Å²) in [6, 6.07) is 0.831. The Kier molecular flexibility index (Phi) is 11.9. The summed E-state index contributed by atoms with van der Waals surface area (Å²) in [6.45, 7) is 7.02. The molecule has 0 aliphatic rings. The summed E-state index contributed by atoms with van der Waals surface area (Å²) < 4.78 is 0. The van der Waals surface area contributed by atoms with Gasteiger partial charge in [-0.25, -0.2) is 0 Å². The van der Waals surface area contributed by atoms with Gasteiger partial charge in [-0.15, -0.1) is 0 Å². The average molecular weight is 255 g/mol. The number of hydrogen-bond donors (Lipinski definition) is 0. The summed E-state index contributed by atoms with van der Waals surface area (Å²) in [5.41, 5.74) is 0. The molecule has 0 fully saturated rings. The molecule has 2 heteroatoms. The zero-order valence-electron chi connectivity index (χ0n) is 13.0. The van der Waals surface area contributed by atoms with Crippen LogP contribution in [0.3, 0.4) is 0 Å². The van der Waals surface area contributed by atoms with E-state index in [9.17, 15) is 0 Å². The topological polar surface area (TPSA) is 3.24 Å². The van der Waals surface area contributed by atoms with Crippen molar-refractivity contribution in [1.29, 1.82) is 0 Å². The number of rotatable bonds is 11. The van der Waals surface area contributed by atoms with Crippen LogP contribution in [0, 0.1) is 0 Å². The fraction of sp³-hybridized carbons (Fsp3) is 1.00. The highest BCUT2D eigenvalue weighted by molar-refractivity contribution is 6.58. The van der Waals surface area contributed by atoms with Crippen LogP contribution in [0.5, 0.6) is 0 Å². The van der Waals surface area contributed by atoms with Crippen molar-refractivity contribution in [2.75, 3.05) is 14.1 Å². The molecule has 1 nitrogen and oxygen atoms in total. The Balaban J connectivity index is 3.82. The molecule has 1 atom stereocenters. The maximum Gasteiger partial charge on any atom is 0.261 e. The SMILES string of the molecule is CCCC(CC[CH2][Al]([CH2]CC)[CH2]CC)N(C)C. The van der Waals surface area contributed by atoms with Crippen molar-refractivity contribution in [2.45, 2.75) is 81.2 Å². The van der Waals surface area contributed by atoms with E-state index in [1.807, 2.05) is 0 Å². The molecule has 0 aromatic heterocycles. The summed E-state index contributed by atoms with van der Waals surface area (Å²) in [5, 5.41) is 4.75. The molecule has 0 aromatic carbocycles. The summed E-state index contributed by atoms with van der Waals surface area (Å²) in [4.78, 5) is 2.43. The molecule has 0 saturated carbocycles. The Labute approximate surface area is 114 Å². The molecule has 0 aromatic rings. The Bertz CT molecular complexity index is 153. The normalized spacial score (nSPS) is 13.1. The van der Waals surface area contributed by atoms with Gasteiger partial charge in [-0.1, -0.05) is 62.3 Å². The van der Waals surface area contributed by atoms with Gasteiger partial charge >= 0.3 is 0 Å². The van der Waals surface area contributed by atoms with Gasteiger partial charge in [0.2, 0.25) is 0 Å². The van der Waals surface area contributed by atoms with Gasteiger partial charge in [-0.05, 0) is 26.9 Å². The molecule has 1 unspecified atom stereocenters. The van der Waals surface area contributed by atoms with E-state index in [0.717, 1.165) is 6.04 Å². The van der Waals surface area contributed by atoms with Gasteiger partial charge in [0, 0.05) is 6.04 Å². The van der Waals surface area contributed by atoms with Crippen LogP contribution in [0.4, 0.5) is 0 Å². The van der Waals surface area contributed by atoms with Crippen molar-refractivity contribution in [3.05, 3.63) is 0 Å². The van der Waals surface area contributed by atoms with Crippen LogP contribution < -0.4 is 0 Å². The van der Waals surface area contributed by atoms with Crippen molar-refractivity contribution in [3.8, 4) is 0 Å². The second kappa shape index (κ2) is 11.6. The summed E-state index contributed by atoms with van der Waals surface area (Å²) >= 11 is -0.363. The van der Waals surface area contributed by atoms with Crippen LogP contribution in [0.2, 0.25) is 15.8 Å². The van der Waals surface area contributed by atoms with Crippen LogP contribution in [0.25, 0.3) is 0 Å². The maximum atomic E-state index is 2.43. The molecule has 17 heavy (non-hydrogen) atoms. The molecule has 0 heterocycles. The lowest BCUT2D eigenvalue weighted by molar-refractivity contribution is 0.260. The summed E-state index contributed by atoms with van der Waals surface area (Å²) in [6.07, 6.45) is 8.46. The Hall–Kier alpha value is 0.492. The predicted octanol–water partition coefficient (Wildman–Crippen LogP) is 4.81. The second-order valence-corrected chi connectivity index (χ2v) is 9.24. The third kappa shape index (κ3) is 9.12. The van der Waals surface area contributed by atoms with Crippen LogP contribution in [0.15, 0.2) is 0 Å². The first-order valence-electron chi connectivity index (χ1n) is 7.82. The molecule has 0 aliphatic carbocycles. The highest BCUT2D eigenvalue weighted by Crippen LogP contribution is 2.17. The van der Waals surface area contributed by atoms with Crippen LogP contribution >= 0.6 is 0 Å². The number of nitrogens with zero attached hydrogens (tertiary/aromatic N) is 1. The molecule has 0 aliphatic heterocycles. The van der Waals surface area contributed by atoms with E-state index < -0.39 is 0 Å². The monoisotopic (exact) mass is 255 g/mol. The molecule has 0 radical (unpaired) electrons. The minimum atomic E-state index is -0.363. The van der Waals surface area contributed by atoms with Crippen molar-refractivity contribution < 1.29 is 0 Å². The fourth-order valence-electron chi connectivity index (χ4n) is 2.89. The zero-order valence-corrected chi connectivity index (χ0v) is 14.1. The highest BCUT2D eigenvalue weighted by Gasteiger charge is 2.16. The van der Waals surface area contributed by atoms with Gasteiger partial charge in [0.1, 0.15) is 0 Å². The Morgan fingerprint density at radius 3 is 1.82 bits per heavy atom. The van der Waals surface area contributed by atoms with Crippen LogP contribution in [-0.2, 0) is 0 Å². The van der Waals surface area contributed by atoms with Crippen molar-refractivity contribution in [3.63, 3.8) is 0 Å². The van der Waals surface area contributed by atoms with Crippen molar-refractivity contribution in [1.82, 2.24) is 4.90 Å². The van der Waals surface area contributed by atoms with Gasteiger partial charge in [-0.2, -0.15) is 0 Å². The van der Waals surface area contributed by atoms with E-state index in [1.54, 1.807) is 15.8 Å². The molecule has 0 rings (SSSR count). The van der Waals surface area contributed by atoms with Crippen LogP contribution in [0.1, 0.15) is 59.3 Å². The van der Waals surface area contributed by atoms with E-state index in [2.05, 4.69) is 39.8 Å². The highest BCUT2D eigenvalue weighted by atomic mass is 27.2. The Morgan fingerprint density at radius 2 is 1.41 bits per heavy atom. The lowest BCUT2D eigenvalue weighted by atomic mass is 10.1. The first kappa shape index (κ1) is 17.5. The molecule has 0 spiro atoms. The average Bonchev–Trinajstić information content (AvgIpc) is 2.28. The molecule has 0 bridgehead atoms. The van der Waals surface area contributed by atoms with E-state index in [1.165, 1.54) is 38.5 Å². The fourth-order valence-corrected chi connectivity index (χ4v) is 6.20. The smallest absolute Gasteiger partial charge is 0.261 e. The van der Waals surface area contributed by atoms with E-state index >= 15 is 0 Å². The lowest BCUT2D eigenvalue weighted by Gasteiger charge is -2.24. The third-order valence-electron chi connectivity index (χ3n) is 3.90. The van der Waals surface area contributed by atoms with Gasteiger partial charge in [0.25, 0.3) is 14.1 Å². The van der Waals surface area contributed by atoms with Gasteiger partial charge in [0.05, 0.1) is 0 Å². The first-order chi connectivity index (χ1) is 8.15. The molecule has 0 saturated heterocycles. The van der Waals surface area contributed by atoms with Crippen molar-refractivity contribution in [2.24, 2.45) is 0 Å². The quantitative estimate of drug-likeness (QED) is 0.479. The molecular formula is C15H34AlN. The predicted molar refractivity (Wildman–Crippen MR) is 82.4 cm³/mol. The van der Waals surface area contributed by atoms with Crippen LogP contribution in [-0.4, -0.2) is 39.2 Å². The molecule has 0 N–H and O–H groups in total. The lowest BCUT2D eigenvalue weighted by Crippen LogP contribution is -2.28. The van der Waals surface area contributed by atoms with Gasteiger partial charge in [0.15, 0.2) is 0 Å². The molecule has 102 valence electrons. The van der Waals surface area contributed by atoms with Crippen molar-refractivity contribution >= 4 is 14.1 Å². The van der Waals surface area contributed by atoms with E-state index in [0.29, 0.717) is 0 Å². The molecular weight excluding hydrogens is 221 g/mol. The largest absolute Gasteiger partial charge is 0.306 e.